The fourth-order valence-electron chi connectivity index (χ4n) is 1.86. The van der Waals surface area contributed by atoms with Crippen molar-refractivity contribution < 1.29 is 4.74 Å². The van der Waals surface area contributed by atoms with Gasteiger partial charge in [-0.15, -0.1) is 11.3 Å². The van der Waals surface area contributed by atoms with Crippen molar-refractivity contribution in [1.29, 1.82) is 0 Å². The Morgan fingerprint density at radius 1 is 1.44 bits per heavy atom. The molecule has 0 aliphatic carbocycles. The van der Waals surface area contributed by atoms with Crippen LogP contribution in [-0.4, -0.2) is 7.11 Å². The van der Waals surface area contributed by atoms with E-state index in [4.69, 9.17) is 22.2 Å². The molecule has 0 spiro atoms. The van der Waals surface area contributed by atoms with E-state index in [1.54, 1.807) is 18.4 Å². The van der Waals surface area contributed by atoms with Crippen LogP contribution in [0.5, 0.6) is 5.75 Å². The maximum atomic E-state index is 6.02. The van der Waals surface area contributed by atoms with Crippen molar-refractivity contribution in [2.24, 2.45) is 5.84 Å². The molecule has 1 unspecified atom stereocenters. The minimum Gasteiger partial charge on any atom is -0.496 e. The molecule has 1 aromatic heterocycles. The molecule has 0 aliphatic rings. The van der Waals surface area contributed by atoms with Crippen molar-refractivity contribution in [2.45, 2.75) is 12.5 Å². The molecule has 0 amide bonds. The summed E-state index contributed by atoms with van der Waals surface area (Å²) in [4.78, 5) is 1.19. The fourth-order valence-corrected chi connectivity index (χ4v) is 2.84. The molecule has 0 bridgehead atoms. The number of thiophene rings is 1. The predicted molar refractivity (Wildman–Crippen MR) is 76.1 cm³/mol. The topological polar surface area (TPSA) is 47.3 Å². The van der Waals surface area contributed by atoms with Crippen molar-refractivity contribution in [3.63, 3.8) is 0 Å². The highest BCUT2D eigenvalue weighted by Crippen LogP contribution is 2.29. The highest BCUT2D eigenvalue weighted by atomic mass is 35.5. The minimum absolute atomic E-state index is 0.0670. The zero-order valence-corrected chi connectivity index (χ0v) is 11.6. The van der Waals surface area contributed by atoms with Gasteiger partial charge in [0, 0.05) is 9.90 Å². The van der Waals surface area contributed by atoms with E-state index in [2.05, 4.69) is 11.5 Å². The van der Waals surface area contributed by atoms with Crippen LogP contribution in [-0.2, 0) is 6.42 Å². The van der Waals surface area contributed by atoms with Crippen molar-refractivity contribution in [2.75, 3.05) is 7.11 Å². The van der Waals surface area contributed by atoms with Gasteiger partial charge >= 0.3 is 0 Å². The third kappa shape index (κ3) is 3.03. The molecule has 1 aromatic carbocycles. The molecule has 3 nitrogen and oxygen atoms in total. The monoisotopic (exact) mass is 282 g/mol. The molecule has 1 heterocycles. The molecule has 0 saturated heterocycles. The van der Waals surface area contributed by atoms with E-state index in [1.807, 2.05) is 29.6 Å². The number of nitrogens with one attached hydrogen (secondary N) is 1. The van der Waals surface area contributed by atoms with Gasteiger partial charge < -0.3 is 4.74 Å². The van der Waals surface area contributed by atoms with Crippen LogP contribution in [0.4, 0.5) is 0 Å². The second-order valence-electron chi connectivity index (χ2n) is 3.89. The molecule has 2 rings (SSSR count). The first kappa shape index (κ1) is 13.4. The van der Waals surface area contributed by atoms with Crippen LogP contribution in [0.15, 0.2) is 35.7 Å². The van der Waals surface area contributed by atoms with Crippen LogP contribution >= 0.6 is 22.9 Å². The van der Waals surface area contributed by atoms with Crippen LogP contribution < -0.4 is 16.0 Å². The van der Waals surface area contributed by atoms with Gasteiger partial charge in [-0.2, -0.15) is 0 Å². The number of hydrogen-bond acceptors (Lipinski definition) is 4. The summed E-state index contributed by atoms with van der Waals surface area (Å²) in [5, 5.41) is 2.74. The van der Waals surface area contributed by atoms with Crippen molar-refractivity contribution in [3.05, 3.63) is 51.2 Å². The normalized spacial score (nSPS) is 12.4. The van der Waals surface area contributed by atoms with E-state index in [-0.39, 0.29) is 6.04 Å². The van der Waals surface area contributed by atoms with Gasteiger partial charge in [-0.1, -0.05) is 17.7 Å². The maximum Gasteiger partial charge on any atom is 0.122 e. The van der Waals surface area contributed by atoms with Gasteiger partial charge in [0.05, 0.1) is 13.2 Å². The molecule has 2 aromatic rings. The number of hydrazine groups is 1. The van der Waals surface area contributed by atoms with Crippen molar-refractivity contribution >= 4 is 22.9 Å². The molecule has 18 heavy (non-hydrogen) atoms. The Bertz CT molecular complexity index is 502. The van der Waals surface area contributed by atoms with E-state index in [0.717, 1.165) is 17.7 Å². The first-order valence-corrected chi connectivity index (χ1v) is 6.82. The van der Waals surface area contributed by atoms with E-state index >= 15 is 0 Å². The highest BCUT2D eigenvalue weighted by Gasteiger charge is 2.14. The quantitative estimate of drug-likeness (QED) is 0.654. The largest absolute Gasteiger partial charge is 0.496 e. The summed E-state index contributed by atoms with van der Waals surface area (Å²) >= 11 is 7.70. The molecule has 0 aliphatic heterocycles. The number of benzene rings is 1. The summed E-state index contributed by atoms with van der Waals surface area (Å²) in [5.41, 5.74) is 3.88. The maximum absolute atomic E-state index is 6.02. The van der Waals surface area contributed by atoms with Crippen LogP contribution in [0.2, 0.25) is 5.02 Å². The van der Waals surface area contributed by atoms with Gasteiger partial charge in [-0.05, 0) is 41.6 Å². The molecule has 0 fully saturated rings. The summed E-state index contributed by atoms with van der Waals surface area (Å²) in [6, 6.07) is 9.75. The second kappa shape index (κ2) is 6.20. The lowest BCUT2D eigenvalue weighted by Gasteiger charge is -2.16. The molecule has 96 valence electrons. The number of hydrogen-bond donors (Lipinski definition) is 2. The number of methoxy groups -OCH3 is 1. The summed E-state index contributed by atoms with van der Waals surface area (Å²) in [5.74, 6) is 6.45. The summed E-state index contributed by atoms with van der Waals surface area (Å²) < 4.78 is 5.34. The molecular weight excluding hydrogens is 268 g/mol. The number of halogens is 1. The SMILES string of the molecule is COc1ccc(Cl)cc1CC(NN)c1cccs1. The third-order valence-electron chi connectivity index (χ3n) is 2.75. The highest BCUT2D eigenvalue weighted by molar-refractivity contribution is 7.10. The van der Waals surface area contributed by atoms with Gasteiger partial charge in [0.25, 0.3) is 0 Å². The summed E-state index contributed by atoms with van der Waals surface area (Å²) in [6.45, 7) is 0. The van der Waals surface area contributed by atoms with Gasteiger partial charge in [0.15, 0.2) is 0 Å². The lowest BCUT2D eigenvalue weighted by atomic mass is 10.0. The van der Waals surface area contributed by atoms with Gasteiger partial charge in [-0.3, -0.25) is 11.3 Å². The number of rotatable bonds is 5. The van der Waals surface area contributed by atoms with Gasteiger partial charge in [-0.25, -0.2) is 0 Å². The zero-order chi connectivity index (χ0) is 13.0. The Kier molecular flexibility index (Phi) is 4.60. The Morgan fingerprint density at radius 3 is 2.89 bits per heavy atom. The minimum atomic E-state index is 0.0670. The van der Waals surface area contributed by atoms with E-state index in [9.17, 15) is 0 Å². The second-order valence-corrected chi connectivity index (χ2v) is 5.31. The van der Waals surface area contributed by atoms with Crippen LogP contribution in [0.3, 0.4) is 0 Å². The van der Waals surface area contributed by atoms with Gasteiger partial charge in [0.2, 0.25) is 0 Å². The first-order chi connectivity index (χ1) is 8.74. The molecule has 0 radical (unpaired) electrons. The smallest absolute Gasteiger partial charge is 0.122 e. The fraction of sp³-hybridized carbons (Fsp3) is 0.231. The average molecular weight is 283 g/mol. The van der Waals surface area contributed by atoms with Gasteiger partial charge in [0.1, 0.15) is 5.75 Å². The van der Waals surface area contributed by atoms with Crippen molar-refractivity contribution in [3.8, 4) is 5.75 Å². The third-order valence-corrected chi connectivity index (χ3v) is 3.98. The Labute approximate surface area is 116 Å². The molecule has 1 atom stereocenters. The van der Waals surface area contributed by atoms with E-state index in [0.29, 0.717) is 5.02 Å². The molecular formula is C13H15ClN2OS. The van der Waals surface area contributed by atoms with Crippen molar-refractivity contribution in [1.82, 2.24) is 5.43 Å². The molecule has 5 heteroatoms. The summed E-state index contributed by atoms with van der Waals surface area (Å²) in [7, 11) is 1.66. The Morgan fingerprint density at radius 2 is 2.28 bits per heavy atom. The van der Waals surface area contributed by atoms with Crippen LogP contribution in [0.25, 0.3) is 0 Å². The lowest BCUT2D eigenvalue weighted by Crippen LogP contribution is -2.29. The average Bonchev–Trinajstić information content (AvgIpc) is 2.90. The predicted octanol–water partition coefficient (Wildman–Crippen LogP) is 3.16. The van der Waals surface area contributed by atoms with E-state index in [1.165, 1.54) is 4.88 Å². The Hall–Kier alpha value is -1.07. The summed E-state index contributed by atoms with van der Waals surface area (Å²) in [6.07, 6.45) is 0.737. The first-order valence-electron chi connectivity index (χ1n) is 5.56. The Balaban J connectivity index is 2.24. The lowest BCUT2D eigenvalue weighted by molar-refractivity contribution is 0.406. The van der Waals surface area contributed by atoms with Crippen LogP contribution in [0.1, 0.15) is 16.5 Å². The molecule has 3 N–H and O–H groups in total. The van der Waals surface area contributed by atoms with E-state index < -0.39 is 0 Å². The number of nitrogens with two attached hydrogens (primary N) is 1. The zero-order valence-electron chi connectivity index (χ0n) is 10.0. The van der Waals surface area contributed by atoms with Crippen LogP contribution in [0, 0.1) is 0 Å². The molecule has 0 saturated carbocycles. The number of ether oxygens (including phenoxy) is 1. The standard InChI is InChI=1S/C13H15ClN2OS/c1-17-12-5-4-10(14)7-9(12)8-11(16-15)13-3-2-6-18-13/h2-7,11,16H,8,15H2,1H3.